The molecule has 1 aliphatic carbocycles. The van der Waals surface area contributed by atoms with Crippen LogP contribution in [0.1, 0.15) is 63.5 Å². The second-order valence-electron chi connectivity index (χ2n) is 9.49. The summed E-state index contributed by atoms with van der Waals surface area (Å²) in [6.45, 7) is 19.4. The minimum Gasteiger partial charge on any atom is -0.370 e. The number of rotatable bonds is 9. The summed E-state index contributed by atoms with van der Waals surface area (Å²) in [4.78, 5) is 7.74. The first-order valence-electron chi connectivity index (χ1n) is 12.2. The zero-order chi connectivity index (χ0) is 22.4. The van der Waals surface area contributed by atoms with Crippen LogP contribution in [0, 0.1) is 18.8 Å². The molecule has 1 aromatic rings. The van der Waals surface area contributed by atoms with Crippen LogP contribution < -0.4 is 0 Å². The monoisotopic (exact) mass is 415 g/mol. The number of nitrogens with zero attached hydrogens (tertiary/aromatic N) is 2. The van der Waals surface area contributed by atoms with Gasteiger partial charge in [-0.2, -0.15) is 0 Å². The van der Waals surface area contributed by atoms with Crippen molar-refractivity contribution in [3.63, 3.8) is 0 Å². The zero-order valence-corrected chi connectivity index (χ0v) is 20.2. The smallest absolute Gasteiger partial charge is 0.110 e. The van der Waals surface area contributed by atoms with Crippen molar-refractivity contribution in [2.24, 2.45) is 16.8 Å². The first kappa shape index (κ1) is 23.6. The summed E-state index contributed by atoms with van der Waals surface area (Å²) in [6.07, 6.45) is 9.50. The highest BCUT2D eigenvalue weighted by molar-refractivity contribution is 6.35. The number of hydrogen-bond acceptors (Lipinski definition) is 2. The molecule has 1 saturated carbocycles. The second-order valence-corrected chi connectivity index (χ2v) is 9.49. The third-order valence-corrected chi connectivity index (χ3v) is 7.25. The van der Waals surface area contributed by atoms with Crippen LogP contribution in [0.5, 0.6) is 0 Å². The summed E-state index contributed by atoms with van der Waals surface area (Å²) in [6, 6.07) is 8.70. The van der Waals surface area contributed by atoms with Gasteiger partial charge in [0.15, 0.2) is 0 Å². The summed E-state index contributed by atoms with van der Waals surface area (Å²) in [5.74, 6) is 1.82. The van der Waals surface area contributed by atoms with Gasteiger partial charge in [0.2, 0.25) is 0 Å². The Kier molecular flexibility index (Phi) is 8.40. The highest BCUT2D eigenvalue weighted by atomic mass is 15.2. The van der Waals surface area contributed by atoms with Crippen LogP contribution in [0.25, 0.3) is 0 Å². The molecule has 3 heteroatoms. The molecule has 0 saturated heterocycles. The Hall–Kier alpha value is -2.03. The van der Waals surface area contributed by atoms with E-state index >= 15 is 0 Å². The number of aryl methyl sites for hydroxylation is 1. The number of allylic oxidation sites excluding steroid dienone is 1. The van der Waals surface area contributed by atoms with E-state index in [-0.39, 0.29) is 0 Å². The molecule has 1 aromatic carbocycles. The minimum atomic E-state index is 0.439. The third-order valence-electron chi connectivity index (χ3n) is 7.25. The van der Waals surface area contributed by atoms with Crippen molar-refractivity contribution in [1.82, 2.24) is 4.90 Å². The molecule has 3 unspecified atom stereocenters. The predicted molar refractivity (Wildman–Crippen MR) is 137 cm³/mol. The van der Waals surface area contributed by atoms with E-state index in [9.17, 15) is 0 Å². The fraction of sp³-hybridized carbons (Fsp3) is 0.536. The summed E-state index contributed by atoms with van der Waals surface area (Å²) >= 11 is 0. The first-order valence-corrected chi connectivity index (χ1v) is 12.2. The minimum absolute atomic E-state index is 0.439. The molecule has 3 atom stereocenters. The van der Waals surface area contributed by atoms with Crippen LogP contribution in [0.4, 0.5) is 0 Å². The summed E-state index contributed by atoms with van der Waals surface area (Å²) in [5, 5.41) is 0. The molecule has 2 aliphatic rings. The normalized spacial score (nSPS) is 24.5. The summed E-state index contributed by atoms with van der Waals surface area (Å²) in [7, 11) is 2.38. The molecule has 1 aliphatic heterocycles. The van der Waals surface area contributed by atoms with E-state index in [1.807, 2.05) is 6.08 Å². The molecular weight excluding hydrogens is 375 g/mol. The number of benzene rings is 1. The molecule has 0 amide bonds. The molecule has 165 valence electrons. The molecule has 0 bridgehead atoms. The van der Waals surface area contributed by atoms with Gasteiger partial charge >= 0.3 is 0 Å². The number of aliphatic imine (C=N–C) groups is 1. The van der Waals surface area contributed by atoms with E-state index in [0.717, 1.165) is 24.6 Å². The lowest BCUT2D eigenvalue weighted by atomic mass is 9.66. The SMILES string of the molecule is C=CC1=C(N=C(C)c2ccc(C)cc2)C(CCCC)CN(C(=C)C2CCC([B]C)C2)C1. The maximum atomic E-state index is 5.20. The second kappa shape index (κ2) is 11.0. The third kappa shape index (κ3) is 5.81. The molecule has 1 heterocycles. The fourth-order valence-electron chi connectivity index (χ4n) is 5.12. The van der Waals surface area contributed by atoms with Gasteiger partial charge in [0, 0.05) is 30.4 Å². The van der Waals surface area contributed by atoms with E-state index < -0.39 is 0 Å². The standard InChI is InChI=1S/C28H40BN2/c1-7-9-10-26-19-31(22(5)25-15-16-27(17-25)29-6)18-23(8-2)28(26)30-21(4)24-13-11-20(3)12-14-24/h8,11-14,25-27H,2,5,7,9-10,15-19H2,1,3-4,6H3. The van der Waals surface area contributed by atoms with Crippen LogP contribution in [0.15, 0.2) is 65.5 Å². The highest BCUT2D eigenvalue weighted by Crippen LogP contribution is 2.41. The van der Waals surface area contributed by atoms with Crippen LogP contribution in [-0.4, -0.2) is 31.0 Å². The summed E-state index contributed by atoms with van der Waals surface area (Å²) in [5.41, 5.74) is 7.44. The van der Waals surface area contributed by atoms with Gasteiger partial charge in [-0.3, -0.25) is 4.99 Å². The maximum Gasteiger partial charge on any atom is 0.110 e. The molecule has 31 heavy (non-hydrogen) atoms. The highest BCUT2D eigenvalue weighted by Gasteiger charge is 2.32. The first-order chi connectivity index (χ1) is 15.0. The Morgan fingerprint density at radius 2 is 2.00 bits per heavy atom. The van der Waals surface area contributed by atoms with Gasteiger partial charge in [0.1, 0.15) is 7.28 Å². The van der Waals surface area contributed by atoms with Gasteiger partial charge in [-0.1, -0.05) is 87.9 Å². The van der Waals surface area contributed by atoms with E-state index in [2.05, 4.69) is 77.2 Å². The van der Waals surface area contributed by atoms with Crippen molar-refractivity contribution in [3.05, 3.63) is 71.6 Å². The average molecular weight is 415 g/mol. The van der Waals surface area contributed by atoms with Gasteiger partial charge in [0.25, 0.3) is 0 Å². The molecule has 3 rings (SSSR count). The lowest BCUT2D eigenvalue weighted by Crippen LogP contribution is -2.38. The van der Waals surface area contributed by atoms with Crippen molar-refractivity contribution in [2.45, 2.75) is 71.9 Å². The fourth-order valence-corrected chi connectivity index (χ4v) is 5.12. The molecule has 1 fully saturated rings. The Bertz CT molecular complexity index is 833. The van der Waals surface area contributed by atoms with Gasteiger partial charge < -0.3 is 4.90 Å². The average Bonchev–Trinajstić information content (AvgIpc) is 3.27. The Balaban J connectivity index is 1.86. The Labute approximate surface area is 191 Å². The lowest BCUT2D eigenvalue weighted by Gasteiger charge is -2.39. The van der Waals surface area contributed by atoms with E-state index in [1.54, 1.807) is 0 Å². The Morgan fingerprint density at radius 1 is 1.26 bits per heavy atom. The molecule has 0 spiro atoms. The molecule has 0 aromatic heterocycles. The summed E-state index contributed by atoms with van der Waals surface area (Å²) < 4.78 is 0. The quantitative estimate of drug-likeness (QED) is 0.307. The molecular formula is C28H40BN2. The molecule has 1 radical (unpaired) electrons. The van der Waals surface area contributed by atoms with Gasteiger partial charge in [-0.05, 0) is 50.2 Å². The van der Waals surface area contributed by atoms with E-state index in [0.29, 0.717) is 11.8 Å². The predicted octanol–water partition coefficient (Wildman–Crippen LogP) is 7.22. The Morgan fingerprint density at radius 3 is 2.61 bits per heavy atom. The molecule has 2 nitrogen and oxygen atoms in total. The van der Waals surface area contributed by atoms with Crippen LogP contribution >= 0.6 is 0 Å². The zero-order valence-electron chi connectivity index (χ0n) is 20.2. The van der Waals surface area contributed by atoms with Crippen molar-refractivity contribution < 1.29 is 0 Å². The largest absolute Gasteiger partial charge is 0.370 e. The number of unbranched alkanes of at least 4 members (excludes halogenated alkanes) is 1. The topological polar surface area (TPSA) is 15.6 Å². The van der Waals surface area contributed by atoms with Crippen molar-refractivity contribution in [3.8, 4) is 0 Å². The van der Waals surface area contributed by atoms with Crippen molar-refractivity contribution in [2.75, 3.05) is 13.1 Å². The van der Waals surface area contributed by atoms with Gasteiger partial charge in [0.05, 0.1) is 5.70 Å². The lowest BCUT2D eigenvalue weighted by molar-refractivity contribution is 0.262. The van der Waals surface area contributed by atoms with Crippen LogP contribution in [0.3, 0.4) is 0 Å². The van der Waals surface area contributed by atoms with Gasteiger partial charge in [-0.25, -0.2) is 0 Å². The van der Waals surface area contributed by atoms with Gasteiger partial charge in [-0.15, -0.1) is 0 Å². The maximum absolute atomic E-state index is 5.20. The van der Waals surface area contributed by atoms with Crippen LogP contribution in [0.2, 0.25) is 12.6 Å². The van der Waals surface area contributed by atoms with Crippen molar-refractivity contribution >= 4 is 13.0 Å². The van der Waals surface area contributed by atoms with Crippen LogP contribution in [-0.2, 0) is 0 Å². The van der Waals surface area contributed by atoms with Crippen molar-refractivity contribution in [1.29, 1.82) is 0 Å². The van der Waals surface area contributed by atoms with E-state index in [4.69, 9.17) is 4.99 Å². The number of hydrogen-bond donors (Lipinski definition) is 0. The van der Waals surface area contributed by atoms with E-state index in [1.165, 1.54) is 66.6 Å². The molecule has 0 N–H and O–H groups in total.